The van der Waals surface area contributed by atoms with Crippen molar-refractivity contribution in [3.8, 4) is 6.07 Å². The minimum atomic E-state index is -4.59. The molecule has 0 fully saturated rings. The molecular weight excluding hydrogens is 233 g/mol. The Kier molecular flexibility index (Phi) is 2.79. The Hall–Kier alpha value is -1.61. The Morgan fingerprint density at radius 2 is 2.18 bits per heavy atom. The normalized spacial score (nSPS) is 19.6. The maximum Gasteiger partial charge on any atom is 0.418 e. The van der Waals surface area contributed by atoms with Gasteiger partial charge in [-0.15, -0.1) is 0 Å². The van der Waals surface area contributed by atoms with Gasteiger partial charge in [-0.25, -0.2) is 0 Å². The highest BCUT2D eigenvalue weighted by atomic mass is 19.4. The lowest BCUT2D eigenvalue weighted by atomic mass is 9.88. The quantitative estimate of drug-likeness (QED) is 0.759. The number of aliphatic hydroxyl groups is 1. The monoisotopic (exact) mass is 242 g/mol. The van der Waals surface area contributed by atoms with Gasteiger partial charge in [0, 0.05) is 6.20 Å². The van der Waals surface area contributed by atoms with E-state index in [4.69, 9.17) is 5.26 Å². The van der Waals surface area contributed by atoms with Crippen molar-refractivity contribution in [2.75, 3.05) is 0 Å². The molecule has 1 unspecified atom stereocenters. The topological polar surface area (TPSA) is 56.9 Å². The molecule has 90 valence electrons. The Bertz CT molecular complexity index is 491. The Morgan fingerprint density at radius 3 is 2.76 bits per heavy atom. The van der Waals surface area contributed by atoms with E-state index in [1.807, 2.05) is 0 Å². The second-order valence-electron chi connectivity index (χ2n) is 3.93. The first kappa shape index (κ1) is 11.9. The van der Waals surface area contributed by atoms with Crippen molar-refractivity contribution in [3.63, 3.8) is 0 Å². The van der Waals surface area contributed by atoms with Crippen LogP contribution in [0.5, 0.6) is 0 Å². The number of fused-ring (bicyclic) bond motifs is 1. The fourth-order valence-electron chi connectivity index (χ4n) is 2.12. The van der Waals surface area contributed by atoms with E-state index in [-0.39, 0.29) is 17.7 Å². The summed E-state index contributed by atoms with van der Waals surface area (Å²) in [6, 6.07) is 1.50. The van der Waals surface area contributed by atoms with Crippen molar-refractivity contribution in [2.24, 2.45) is 0 Å². The molecule has 6 heteroatoms. The molecule has 2 rings (SSSR count). The molecule has 1 atom stereocenters. The number of rotatable bonds is 0. The first-order valence-electron chi connectivity index (χ1n) is 5.12. The summed E-state index contributed by atoms with van der Waals surface area (Å²) >= 11 is 0. The molecule has 1 aliphatic rings. The van der Waals surface area contributed by atoms with Crippen LogP contribution in [0.15, 0.2) is 6.20 Å². The van der Waals surface area contributed by atoms with Gasteiger partial charge in [-0.3, -0.25) is 4.98 Å². The summed E-state index contributed by atoms with van der Waals surface area (Å²) < 4.78 is 38.7. The first-order valence-corrected chi connectivity index (χ1v) is 5.12. The zero-order chi connectivity index (χ0) is 12.6. The molecule has 1 aliphatic carbocycles. The number of alkyl halides is 3. The summed E-state index contributed by atoms with van der Waals surface area (Å²) in [5, 5.41) is 18.3. The lowest BCUT2D eigenvalue weighted by Gasteiger charge is -2.24. The molecule has 1 heterocycles. The second kappa shape index (κ2) is 4.00. The minimum absolute atomic E-state index is 0.0321. The fraction of sp³-hybridized carbons (Fsp3) is 0.455. The van der Waals surface area contributed by atoms with Crippen molar-refractivity contribution < 1.29 is 18.3 Å². The number of aromatic nitrogens is 1. The van der Waals surface area contributed by atoms with Crippen LogP contribution in [0.4, 0.5) is 13.2 Å². The molecule has 3 nitrogen and oxygen atoms in total. The lowest BCUT2D eigenvalue weighted by Crippen LogP contribution is -2.20. The largest absolute Gasteiger partial charge is 0.418 e. The summed E-state index contributed by atoms with van der Waals surface area (Å²) in [7, 11) is 0. The van der Waals surface area contributed by atoms with Gasteiger partial charge in [0.1, 0.15) is 6.07 Å². The number of nitrogens with zero attached hydrogens (tertiary/aromatic N) is 2. The first-order chi connectivity index (χ1) is 7.95. The van der Waals surface area contributed by atoms with Crippen LogP contribution >= 0.6 is 0 Å². The fourth-order valence-corrected chi connectivity index (χ4v) is 2.12. The number of pyridine rings is 1. The van der Waals surface area contributed by atoms with Crippen molar-refractivity contribution >= 4 is 0 Å². The Balaban J connectivity index is 2.70. The Morgan fingerprint density at radius 1 is 1.47 bits per heavy atom. The van der Waals surface area contributed by atoms with E-state index in [1.54, 1.807) is 0 Å². The van der Waals surface area contributed by atoms with Crippen molar-refractivity contribution in [3.05, 3.63) is 28.6 Å². The summed E-state index contributed by atoms with van der Waals surface area (Å²) in [6.07, 6.45) is -3.60. The van der Waals surface area contributed by atoms with Crippen LogP contribution in [0.2, 0.25) is 0 Å². The maximum absolute atomic E-state index is 12.9. The third kappa shape index (κ3) is 1.98. The van der Waals surface area contributed by atoms with E-state index < -0.39 is 23.4 Å². The summed E-state index contributed by atoms with van der Waals surface area (Å²) in [6.45, 7) is 0. The van der Waals surface area contributed by atoms with Crippen LogP contribution in [0, 0.1) is 11.3 Å². The molecule has 17 heavy (non-hydrogen) atoms. The number of halogens is 3. The van der Waals surface area contributed by atoms with E-state index in [9.17, 15) is 18.3 Å². The standard InChI is InChI=1S/C11H9F3N2O/c12-11(13,14)9-6(4-15)5-16-10-7(9)2-1-3-8(10)17/h5,8,17H,1-3H2. The molecule has 0 aliphatic heterocycles. The van der Waals surface area contributed by atoms with E-state index in [2.05, 4.69) is 4.98 Å². The van der Waals surface area contributed by atoms with Gasteiger partial charge >= 0.3 is 6.18 Å². The van der Waals surface area contributed by atoms with Gasteiger partial charge in [0.2, 0.25) is 0 Å². The van der Waals surface area contributed by atoms with E-state index >= 15 is 0 Å². The molecule has 0 amide bonds. The van der Waals surface area contributed by atoms with E-state index in [0.29, 0.717) is 12.8 Å². The van der Waals surface area contributed by atoms with E-state index in [1.165, 1.54) is 6.07 Å². The average molecular weight is 242 g/mol. The van der Waals surface area contributed by atoms with Crippen LogP contribution in [0.3, 0.4) is 0 Å². The van der Waals surface area contributed by atoms with Crippen LogP contribution in [0.1, 0.15) is 41.3 Å². The van der Waals surface area contributed by atoms with Gasteiger partial charge < -0.3 is 5.11 Å². The van der Waals surface area contributed by atoms with Crippen molar-refractivity contribution in [1.29, 1.82) is 5.26 Å². The van der Waals surface area contributed by atoms with Crippen LogP contribution < -0.4 is 0 Å². The second-order valence-corrected chi connectivity index (χ2v) is 3.93. The highest BCUT2D eigenvalue weighted by molar-refractivity contribution is 5.46. The SMILES string of the molecule is N#Cc1cnc2c(c1C(F)(F)F)CCCC2O. The van der Waals surface area contributed by atoms with Crippen molar-refractivity contribution in [1.82, 2.24) is 4.98 Å². The van der Waals surface area contributed by atoms with Gasteiger partial charge in [-0.2, -0.15) is 18.4 Å². The molecule has 0 spiro atoms. The maximum atomic E-state index is 12.9. The Labute approximate surface area is 95.5 Å². The minimum Gasteiger partial charge on any atom is -0.387 e. The molecule has 0 aromatic carbocycles. The zero-order valence-electron chi connectivity index (χ0n) is 8.75. The molecular formula is C11H9F3N2O. The van der Waals surface area contributed by atoms with Gasteiger partial charge in [0.15, 0.2) is 0 Å². The number of hydrogen-bond acceptors (Lipinski definition) is 3. The summed E-state index contributed by atoms with van der Waals surface area (Å²) in [4.78, 5) is 3.77. The number of aliphatic hydroxyl groups excluding tert-OH is 1. The molecule has 1 aromatic heterocycles. The smallest absolute Gasteiger partial charge is 0.387 e. The average Bonchev–Trinajstić information content (AvgIpc) is 2.26. The van der Waals surface area contributed by atoms with Crippen LogP contribution in [0.25, 0.3) is 0 Å². The molecule has 0 saturated carbocycles. The van der Waals surface area contributed by atoms with Crippen LogP contribution in [-0.4, -0.2) is 10.1 Å². The zero-order valence-corrected chi connectivity index (χ0v) is 8.75. The lowest BCUT2D eigenvalue weighted by molar-refractivity contribution is -0.138. The number of hydrogen-bond donors (Lipinski definition) is 1. The predicted octanol–water partition coefficient (Wildman–Crippen LogP) is 2.34. The van der Waals surface area contributed by atoms with Gasteiger partial charge in [0.25, 0.3) is 0 Å². The van der Waals surface area contributed by atoms with E-state index in [0.717, 1.165) is 6.20 Å². The molecule has 0 bridgehead atoms. The van der Waals surface area contributed by atoms with Gasteiger partial charge in [0.05, 0.1) is 22.9 Å². The van der Waals surface area contributed by atoms with Gasteiger partial charge in [-0.1, -0.05) is 0 Å². The third-order valence-electron chi connectivity index (χ3n) is 2.84. The molecule has 0 saturated heterocycles. The highest BCUT2D eigenvalue weighted by Crippen LogP contribution is 2.39. The summed E-state index contributed by atoms with van der Waals surface area (Å²) in [5.41, 5.74) is -1.40. The van der Waals surface area contributed by atoms with Gasteiger partial charge in [-0.05, 0) is 24.8 Å². The predicted molar refractivity (Wildman–Crippen MR) is 51.9 cm³/mol. The molecule has 0 radical (unpaired) electrons. The number of nitriles is 1. The highest BCUT2D eigenvalue weighted by Gasteiger charge is 2.39. The van der Waals surface area contributed by atoms with Crippen molar-refractivity contribution in [2.45, 2.75) is 31.5 Å². The molecule has 1 aromatic rings. The summed E-state index contributed by atoms with van der Waals surface area (Å²) in [5.74, 6) is 0. The molecule has 1 N–H and O–H groups in total. The van der Waals surface area contributed by atoms with Crippen LogP contribution in [-0.2, 0) is 12.6 Å². The third-order valence-corrected chi connectivity index (χ3v) is 2.84.